The van der Waals surface area contributed by atoms with Crippen LogP contribution in [0.1, 0.15) is 16.1 Å². The summed E-state index contributed by atoms with van der Waals surface area (Å²) >= 11 is 0. The highest BCUT2D eigenvalue weighted by atomic mass is 16.5. The molecule has 0 aliphatic carbocycles. The predicted molar refractivity (Wildman–Crippen MR) is 82.2 cm³/mol. The molecule has 0 radical (unpaired) electrons. The number of carboxylic acids is 1. The number of methoxy groups -OCH3 is 1. The molecule has 0 bridgehead atoms. The van der Waals surface area contributed by atoms with Crippen LogP contribution in [0.25, 0.3) is 0 Å². The fourth-order valence-corrected chi connectivity index (χ4v) is 2.09. The van der Waals surface area contributed by atoms with Crippen molar-refractivity contribution in [3.05, 3.63) is 53.7 Å². The lowest BCUT2D eigenvalue weighted by Gasteiger charge is -2.24. The van der Waals surface area contributed by atoms with Gasteiger partial charge in [0.15, 0.2) is 5.69 Å². The number of carboxylic acid groups (broad SMARTS) is 1. The van der Waals surface area contributed by atoms with E-state index in [0.717, 1.165) is 10.5 Å². The highest BCUT2D eigenvalue weighted by Crippen LogP contribution is 2.12. The van der Waals surface area contributed by atoms with E-state index < -0.39 is 17.9 Å². The van der Waals surface area contributed by atoms with Crippen molar-refractivity contribution in [1.82, 2.24) is 15.1 Å². The van der Waals surface area contributed by atoms with E-state index in [9.17, 15) is 14.7 Å². The van der Waals surface area contributed by atoms with Crippen LogP contribution in [0.3, 0.4) is 0 Å². The number of ether oxygens (including phenoxy) is 1. The van der Waals surface area contributed by atoms with Crippen LogP contribution in [0.5, 0.6) is 5.88 Å². The molecule has 0 saturated heterocycles. The van der Waals surface area contributed by atoms with Crippen LogP contribution >= 0.6 is 0 Å². The summed E-state index contributed by atoms with van der Waals surface area (Å²) in [6, 6.07) is 11.1. The molecule has 23 heavy (non-hydrogen) atoms. The zero-order chi connectivity index (χ0) is 16.8. The molecule has 0 saturated carbocycles. The van der Waals surface area contributed by atoms with Gasteiger partial charge < -0.3 is 14.7 Å². The van der Waals surface area contributed by atoms with Crippen LogP contribution < -0.4 is 4.74 Å². The summed E-state index contributed by atoms with van der Waals surface area (Å²) in [5.41, 5.74) is 0.896. The molecule has 1 heterocycles. The summed E-state index contributed by atoms with van der Waals surface area (Å²) < 4.78 is 4.88. The second-order valence-electron chi connectivity index (χ2n) is 4.92. The second kappa shape index (κ2) is 7.35. The van der Waals surface area contributed by atoms with E-state index in [4.69, 9.17) is 4.74 Å². The van der Waals surface area contributed by atoms with Gasteiger partial charge in [-0.3, -0.25) is 4.79 Å². The first-order chi connectivity index (χ1) is 11.0. The maximum Gasteiger partial charge on any atom is 0.326 e. The number of aromatic nitrogens is 2. The summed E-state index contributed by atoms with van der Waals surface area (Å²) in [6.07, 6.45) is 0.210. The number of hydrogen-bond acceptors (Lipinski definition) is 5. The van der Waals surface area contributed by atoms with Crippen LogP contribution in [-0.2, 0) is 11.2 Å². The van der Waals surface area contributed by atoms with Gasteiger partial charge in [-0.15, -0.1) is 10.2 Å². The molecule has 7 nitrogen and oxygen atoms in total. The highest BCUT2D eigenvalue weighted by molar-refractivity contribution is 5.94. The maximum absolute atomic E-state index is 12.4. The number of carbonyl (C=O) groups excluding carboxylic acids is 1. The fraction of sp³-hybridized carbons (Fsp3) is 0.250. The molecule has 7 heteroatoms. The van der Waals surface area contributed by atoms with Gasteiger partial charge in [-0.2, -0.15) is 0 Å². The number of benzene rings is 1. The minimum absolute atomic E-state index is 0.0626. The van der Waals surface area contributed by atoms with E-state index in [2.05, 4.69) is 10.2 Å². The van der Waals surface area contributed by atoms with E-state index in [0.29, 0.717) is 0 Å². The van der Waals surface area contributed by atoms with Gasteiger partial charge >= 0.3 is 5.97 Å². The van der Waals surface area contributed by atoms with Crippen molar-refractivity contribution in [2.75, 3.05) is 14.2 Å². The molecule has 2 aromatic rings. The molecule has 0 aliphatic heterocycles. The lowest BCUT2D eigenvalue weighted by molar-refractivity contribution is -0.141. The summed E-state index contributed by atoms with van der Waals surface area (Å²) in [5.74, 6) is -1.31. The number of hydrogen-bond donors (Lipinski definition) is 1. The average molecular weight is 315 g/mol. The van der Waals surface area contributed by atoms with Crippen molar-refractivity contribution >= 4 is 11.9 Å². The number of rotatable bonds is 6. The summed E-state index contributed by atoms with van der Waals surface area (Å²) in [6.45, 7) is 0. The number of likely N-dealkylation sites (N-methyl/N-ethyl adjacent to an activating group) is 1. The van der Waals surface area contributed by atoms with Crippen LogP contribution in [0.4, 0.5) is 0 Å². The smallest absolute Gasteiger partial charge is 0.326 e. The Morgan fingerprint density at radius 2 is 1.87 bits per heavy atom. The normalized spacial score (nSPS) is 11.6. The standard InChI is InChI=1S/C16H17N3O4/c1-19(15(20)12-8-9-14(23-2)18-17-12)13(16(21)22)10-11-6-4-3-5-7-11/h3-9,13H,10H2,1-2H3,(H,21,22)/t13-/m0/s1. The Bertz CT molecular complexity index is 673. The Hall–Kier alpha value is -2.96. The molecule has 120 valence electrons. The molecule has 0 fully saturated rings. The first kappa shape index (κ1) is 16.4. The Morgan fingerprint density at radius 3 is 2.39 bits per heavy atom. The van der Waals surface area contributed by atoms with E-state index >= 15 is 0 Å². The van der Waals surface area contributed by atoms with Gasteiger partial charge in [0.2, 0.25) is 5.88 Å². The Balaban J connectivity index is 2.17. The zero-order valence-electron chi connectivity index (χ0n) is 12.8. The Morgan fingerprint density at radius 1 is 1.17 bits per heavy atom. The third-order valence-corrected chi connectivity index (χ3v) is 3.41. The Kier molecular flexibility index (Phi) is 5.24. The SMILES string of the molecule is COc1ccc(C(=O)N(C)[C@@H](Cc2ccccc2)C(=O)O)nn1. The van der Waals surface area contributed by atoms with Crippen molar-refractivity contribution in [3.8, 4) is 5.88 Å². The molecule has 0 unspecified atom stereocenters. The van der Waals surface area contributed by atoms with Crippen molar-refractivity contribution in [3.63, 3.8) is 0 Å². The quantitative estimate of drug-likeness (QED) is 0.862. The molecule has 1 aromatic carbocycles. The van der Waals surface area contributed by atoms with E-state index in [1.165, 1.54) is 26.3 Å². The van der Waals surface area contributed by atoms with E-state index in [1.54, 1.807) is 0 Å². The Labute approximate surface area is 133 Å². The fourth-order valence-electron chi connectivity index (χ4n) is 2.09. The molecule has 1 N–H and O–H groups in total. The monoisotopic (exact) mass is 315 g/mol. The molecular weight excluding hydrogens is 298 g/mol. The number of amides is 1. The summed E-state index contributed by atoms with van der Waals surface area (Å²) in [5, 5.41) is 16.9. The third-order valence-electron chi connectivity index (χ3n) is 3.41. The lowest BCUT2D eigenvalue weighted by atomic mass is 10.0. The van der Waals surface area contributed by atoms with Crippen LogP contribution in [0.2, 0.25) is 0 Å². The average Bonchev–Trinajstić information content (AvgIpc) is 2.59. The van der Waals surface area contributed by atoms with Gasteiger partial charge in [-0.1, -0.05) is 30.3 Å². The summed E-state index contributed by atoms with van der Waals surface area (Å²) in [7, 11) is 2.88. The topological polar surface area (TPSA) is 92.6 Å². The minimum atomic E-state index is -1.08. The molecule has 0 spiro atoms. The number of carbonyl (C=O) groups is 2. The largest absolute Gasteiger partial charge is 0.480 e. The molecule has 1 aromatic heterocycles. The van der Waals surface area contributed by atoms with E-state index in [1.807, 2.05) is 30.3 Å². The van der Waals surface area contributed by atoms with Crippen molar-refractivity contribution < 1.29 is 19.4 Å². The lowest BCUT2D eigenvalue weighted by Crippen LogP contribution is -2.44. The molecule has 1 atom stereocenters. The predicted octanol–water partition coefficient (Wildman–Crippen LogP) is 1.25. The van der Waals surface area contributed by atoms with Gasteiger partial charge in [0.05, 0.1) is 7.11 Å². The van der Waals surface area contributed by atoms with Crippen molar-refractivity contribution in [2.24, 2.45) is 0 Å². The molecule has 1 amide bonds. The molecular formula is C16H17N3O4. The third kappa shape index (κ3) is 4.03. The van der Waals surface area contributed by atoms with Crippen LogP contribution in [-0.4, -0.2) is 52.3 Å². The number of aliphatic carboxylic acids is 1. The van der Waals surface area contributed by atoms with Gasteiger partial charge in [-0.05, 0) is 11.6 Å². The maximum atomic E-state index is 12.4. The van der Waals surface area contributed by atoms with E-state index in [-0.39, 0.29) is 18.0 Å². The van der Waals surface area contributed by atoms with Gasteiger partial charge in [0, 0.05) is 19.5 Å². The molecule has 0 aliphatic rings. The van der Waals surface area contributed by atoms with Gasteiger partial charge in [0.25, 0.3) is 5.91 Å². The zero-order valence-corrected chi connectivity index (χ0v) is 12.8. The number of nitrogens with zero attached hydrogens (tertiary/aromatic N) is 3. The van der Waals surface area contributed by atoms with Crippen molar-refractivity contribution in [1.29, 1.82) is 0 Å². The first-order valence-electron chi connectivity index (χ1n) is 6.94. The van der Waals surface area contributed by atoms with Gasteiger partial charge in [0.1, 0.15) is 6.04 Å². The highest BCUT2D eigenvalue weighted by Gasteiger charge is 2.28. The second-order valence-corrected chi connectivity index (χ2v) is 4.92. The first-order valence-corrected chi connectivity index (χ1v) is 6.94. The van der Waals surface area contributed by atoms with Crippen LogP contribution in [0, 0.1) is 0 Å². The van der Waals surface area contributed by atoms with Crippen molar-refractivity contribution in [2.45, 2.75) is 12.5 Å². The molecule has 2 rings (SSSR count). The van der Waals surface area contributed by atoms with Crippen LogP contribution in [0.15, 0.2) is 42.5 Å². The minimum Gasteiger partial charge on any atom is -0.480 e. The van der Waals surface area contributed by atoms with Gasteiger partial charge in [-0.25, -0.2) is 4.79 Å². The summed E-state index contributed by atoms with van der Waals surface area (Å²) in [4.78, 5) is 25.1.